The van der Waals surface area contributed by atoms with Crippen LogP contribution in [0.4, 0.5) is 5.82 Å². The van der Waals surface area contributed by atoms with Crippen LogP contribution in [0, 0.1) is 5.92 Å². The van der Waals surface area contributed by atoms with E-state index in [1.54, 1.807) is 0 Å². The smallest absolute Gasteiger partial charge is 0.132 e. The van der Waals surface area contributed by atoms with Gasteiger partial charge in [0, 0.05) is 24.8 Å². The predicted octanol–water partition coefficient (Wildman–Crippen LogP) is 3.06. The fraction of sp³-hybridized carbons (Fsp3) is 0.583. The van der Waals surface area contributed by atoms with Crippen LogP contribution in [0.2, 0.25) is 0 Å². The fourth-order valence-corrected chi connectivity index (χ4v) is 2.39. The second-order valence-corrected chi connectivity index (χ2v) is 4.40. The maximum Gasteiger partial charge on any atom is 0.132 e. The third kappa shape index (κ3) is 2.25. The first-order chi connectivity index (χ1) is 7.35. The van der Waals surface area contributed by atoms with E-state index in [1.165, 1.54) is 12.8 Å². The van der Waals surface area contributed by atoms with Gasteiger partial charge >= 0.3 is 0 Å². The van der Waals surface area contributed by atoms with Crippen molar-refractivity contribution >= 4 is 17.4 Å². The molecule has 0 aromatic carbocycles. The van der Waals surface area contributed by atoms with Gasteiger partial charge in [-0.15, -0.1) is 11.6 Å². The normalized spacial score (nSPS) is 20.9. The van der Waals surface area contributed by atoms with Crippen LogP contribution in [-0.2, 0) is 5.88 Å². The lowest BCUT2D eigenvalue weighted by molar-refractivity contribution is 0.568. The van der Waals surface area contributed by atoms with Crippen molar-refractivity contribution in [2.75, 3.05) is 18.0 Å². The van der Waals surface area contributed by atoms with Crippen molar-refractivity contribution in [2.24, 2.45) is 5.92 Å². The lowest BCUT2D eigenvalue weighted by Crippen LogP contribution is -2.21. The average molecular weight is 225 g/mol. The van der Waals surface area contributed by atoms with Gasteiger partial charge in [-0.25, -0.2) is 4.98 Å². The summed E-state index contributed by atoms with van der Waals surface area (Å²) in [5.41, 5.74) is 1.15. The van der Waals surface area contributed by atoms with Crippen molar-refractivity contribution < 1.29 is 0 Å². The van der Waals surface area contributed by atoms with Crippen molar-refractivity contribution in [3.8, 4) is 0 Å². The summed E-state index contributed by atoms with van der Waals surface area (Å²) in [6, 6.07) is 4.02. The molecule has 0 saturated carbocycles. The van der Waals surface area contributed by atoms with Gasteiger partial charge in [0.2, 0.25) is 0 Å². The molecule has 1 aromatic rings. The Labute approximate surface area is 96.3 Å². The van der Waals surface area contributed by atoms with Crippen LogP contribution in [0.3, 0.4) is 0 Å². The Bertz CT molecular complexity index is 327. The maximum atomic E-state index is 5.91. The molecule has 1 aliphatic heterocycles. The van der Waals surface area contributed by atoms with Crippen molar-refractivity contribution in [2.45, 2.75) is 25.6 Å². The van der Waals surface area contributed by atoms with E-state index in [0.29, 0.717) is 5.88 Å². The Morgan fingerprint density at radius 2 is 2.47 bits per heavy atom. The monoisotopic (exact) mass is 224 g/mol. The van der Waals surface area contributed by atoms with Gasteiger partial charge in [0.25, 0.3) is 0 Å². The summed E-state index contributed by atoms with van der Waals surface area (Å²) in [7, 11) is 0. The van der Waals surface area contributed by atoms with Gasteiger partial charge in [-0.3, -0.25) is 0 Å². The van der Waals surface area contributed by atoms with Crippen molar-refractivity contribution in [1.82, 2.24) is 4.98 Å². The molecule has 2 rings (SSSR count). The third-order valence-electron chi connectivity index (χ3n) is 3.17. The molecule has 0 aliphatic carbocycles. The Hall–Kier alpha value is -0.760. The molecule has 0 N–H and O–H groups in total. The molecule has 1 aromatic heterocycles. The zero-order valence-corrected chi connectivity index (χ0v) is 9.87. The van der Waals surface area contributed by atoms with E-state index in [1.807, 2.05) is 12.3 Å². The molecule has 0 amide bonds. The number of alkyl halides is 1. The zero-order valence-electron chi connectivity index (χ0n) is 9.12. The summed E-state index contributed by atoms with van der Waals surface area (Å²) in [6.07, 6.45) is 4.40. The summed E-state index contributed by atoms with van der Waals surface area (Å²) >= 11 is 5.91. The lowest BCUT2D eigenvalue weighted by atomic mass is 10.1. The third-order valence-corrected chi connectivity index (χ3v) is 3.46. The fourth-order valence-electron chi connectivity index (χ4n) is 2.18. The summed E-state index contributed by atoms with van der Waals surface area (Å²) in [5, 5.41) is 0. The predicted molar refractivity (Wildman–Crippen MR) is 64.4 cm³/mol. The molecule has 1 atom stereocenters. The number of aromatic nitrogens is 1. The van der Waals surface area contributed by atoms with Gasteiger partial charge in [-0.2, -0.15) is 0 Å². The molecule has 0 radical (unpaired) electrons. The van der Waals surface area contributed by atoms with E-state index in [9.17, 15) is 0 Å². The van der Waals surface area contributed by atoms with Crippen LogP contribution in [0.1, 0.15) is 25.3 Å². The molecule has 0 spiro atoms. The Morgan fingerprint density at radius 3 is 3.13 bits per heavy atom. The molecule has 2 heterocycles. The number of pyridine rings is 1. The number of hydrogen-bond acceptors (Lipinski definition) is 2. The van der Waals surface area contributed by atoms with Crippen molar-refractivity contribution in [3.63, 3.8) is 0 Å². The summed E-state index contributed by atoms with van der Waals surface area (Å²) in [6.45, 7) is 4.52. The van der Waals surface area contributed by atoms with Crippen LogP contribution in [0.25, 0.3) is 0 Å². The molecule has 3 heteroatoms. The number of rotatable bonds is 3. The van der Waals surface area contributed by atoms with Gasteiger partial charge in [-0.1, -0.05) is 19.4 Å². The minimum atomic E-state index is 0.552. The molecule has 1 unspecified atom stereocenters. The van der Waals surface area contributed by atoms with Crippen molar-refractivity contribution in [1.29, 1.82) is 0 Å². The van der Waals surface area contributed by atoms with Crippen LogP contribution < -0.4 is 4.90 Å². The SMILES string of the molecule is CCC1CCN(c2ncccc2CCl)C1. The van der Waals surface area contributed by atoms with E-state index < -0.39 is 0 Å². The molecular weight excluding hydrogens is 208 g/mol. The largest absolute Gasteiger partial charge is 0.356 e. The zero-order chi connectivity index (χ0) is 10.7. The molecule has 82 valence electrons. The quantitative estimate of drug-likeness (QED) is 0.734. The highest BCUT2D eigenvalue weighted by Crippen LogP contribution is 2.27. The number of anilines is 1. The van der Waals surface area contributed by atoms with E-state index in [4.69, 9.17) is 11.6 Å². The summed E-state index contributed by atoms with van der Waals surface area (Å²) < 4.78 is 0. The van der Waals surface area contributed by atoms with Gasteiger partial charge < -0.3 is 4.90 Å². The number of nitrogens with zero attached hydrogens (tertiary/aromatic N) is 2. The number of hydrogen-bond donors (Lipinski definition) is 0. The standard InChI is InChI=1S/C12H17ClN2/c1-2-10-5-7-15(9-10)12-11(8-13)4-3-6-14-12/h3-4,6,10H,2,5,7-9H2,1H3. The second kappa shape index (κ2) is 4.84. The van der Waals surface area contributed by atoms with E-state index in [2.05, 4.69) is 22.9 Å². The van der Waals surface area contributed by atoms with Gasteiger partial charge in [0.1, 0.15) is 5.82 Å². The van der Waals surface area contributed by atoms with E-state index >= 15 is 0 Å². The average Bonchev–Trinajstić information content (AvgIpc) is 2.77. The highest BCUT2D eigenvalue weighted by molar-refractivity contribution is 6.17. The highest BCUT2D eigenvalue weighted by atomic mass is 35.5. The second-order valence-electron chi connectivity index (χ2n) is 4.13. The van der Waals surface area contributed by atoms with Crippen LogP contribution in [0.15, 0.2) is 18.3 Å². The Morgan fingerprint density at radius 1 is 1.60 bits per heavy atom. The van der Waals surface area contributed by atoms with Crippen LogP contribution in [0.5, 0.6) is 0 Å². The summed E-state index contributed by atoms with van der Waals surface area (Å²) in [4.78, 5) is 6.81. The first-order valence-electron chi connectivity index (χ1n) is 5.60. The van der Waals surface area contributed by atoms with Crippen LogP contribution in [-0.4, -0.2) is 18.1 Å². The molecule has 2 nitrogen and oxygen atoms in total. The molecule has 1 saturated heterocycles. The highest BCUT2D eigenvalue weighted by Gasteiger charge is 2.23. The lowest BCUT2D eigenvalue weighted by Gasteiger charge is -2.19. The minimum absolute atomic E-state index is 0.552. The first-order valence-corrected chi connectivity index (χ1v) is 6.13. The van der Waals surface area contributed by atoms with Crippen LogP contribution >= 0.6 is 11.6 Å². The first kappa shape index (κ1) is 10.7. The molecule has 0 bridgehead atoms. The summed E-state index contributed by atoms with van der Waals surface area (Å²) in [5.74, 6) is 2.47. The Balaban J connectivity index is 2.16. The Kier molecular flexibility index (Phi) is 3.47. The molecule has 15 heavy (non-hydrogen) atoms. The van der Waals surface area contributed by atoms with Gasteiger partial charge in [-0.05, 0) is 18.4 Å². The maximum absolute atomic E-state index is 5.91. The molecular formula is C12H17ClN2. The van der Waals surface area contributed by atoms with Gasteiger partial charge in [0.15, 0.2) is 0 Å². The number of halogens is 1. The van der Waals surface area contributed by atoms with E-state index in [0.717, 1.165) is 30.4 Å². The van der Waals surface area contributed by atoms with Crippen molar-refractivity contribution in [3.05, 3.63) is 23.9 Å². The van der Waals surface area contributed by atoms with E-state index in [-0.39, 0.29) is 0 Å². The molecule has 1 fully saturated rings. The van der Waals surface area contributed by atoms with Gasteiger partial charge in [0.05, 0.1) is 5.88 Å². The minimum Gasteiger partial charge on any atom is -0.356 e. The molecule has 1 aliphatic rings. The topological polar surface area (TPSA) is 16.1 Å².